The molecule has 1 aromatic heterocycles. The van der Waals surface area contributed by atoms with Crippen LogP contribution in [0, 0.1) is 12.3 Å². The molecule has 1 N–H and O–H groups in total. The van der Waals surface area contributed by atoms with E-state index in [2.05, 4.69) is 27.6 Å². The molecular weight excluding hydrogens is 370 g/mol. The molecule has 0 aliphatic heterocycles. The maximum atomic E-state index is 7.13. The highest BCUT2D eigenvalue weighted by molar-refractivity contribution is 5.93. The Kier molecular flexibility index (Phi) is 5.51. The van der Waals surface area contributed by atoms with Gasteiger partial charge in [-0.25, -0.2) is 9.97 Å². The second-order valence-electron chi connectivity index (χ2n) is 5.91. The number of fused-ring (bicyclic) bond motifs is 1. The predicted molar refractivity (Wildman–Crippen MR) is 112 cm³/mol. The van der Waals surface area contributed by atoms with E-state index in [1.54, 1.807) is 25.3 Å². The summed E-state index contributed by atoms with van der Waals surface area (Å²) in [5.74, 6) is 4.05. The van der Waals surface area contributed by atoms with Crippen LogP contribution in [0.2, 0.25) is 0 Å². The summed E-state index contributed by atoms with van der Waals surface area (Å²) in [6, 6.07) is 10.7. The van der Waals surface area contributed by atoms with Crippen LogP contribution in [-0.2, 0) is 9.47 Å². The van der Waals surface area contributed by atoms with E-state index in [0.29, 0.717) is 47.0 Å². The number of hydrogen-bond donors (Lipinski definition) is 1. The first-order chi connectivity index (χ1) is 15.9. The minimum absolute atomic E-state index is 0.00876. The molecule has 0 unspecified atom stereocenters. The second kappa shape index (κ2) is 10.3. The van der Waals surface area contributed by atoms with Gasteiger partial charge in [0.1, 0.15) is 26.7 Å². The van der Waals surface area contributed by atoms with Crippen molar-refractivity contribution in [1.29, 1.82) is 0 Å². The number of terminal acetylenes is 1. The number of benzene rings is 2. The first-order valence-electron chi connectivity index (χ1n) is 10.9. The summed E-state index contributed by atoms with van der Waals surface area (Å²) >= 11 is 0. The Hall–Kier alpha value is -3.34. The van der Waals surface area contributed by atoms with Crippen molar-refractivity contribution in [2.45, 2.75) is 0 Å². The van der Waals surface area contributed by atoms with Crippen LogP contribution in [0.4, 0.5) is 11.5 Å². The van der Waals surface area contributed by atoms with E-state index >= 15 is 0 Å². The van der Waals surface area contributed by atoms with Gasteiger partial charge in [-0.3, -0.25) is 0 Å². The van der Waals surface area contributed by atoms with Gasteiger partial charge in [-0.15, -0.1) is 6.40 Å². The van der Waals surface area contributed by atoms with Gasteiger partial charge in [0.25, 0.3) is 0 Å². The van der Waals surface area contributed by atoms with Crippen LogP contribution in [0.15, 0.2) is 42.7 Å². The monoisotopic (exact) mass is 397 g/mol. The smallest absolute Gasteiger partial charge is 0.163 e. The molecule has 0 atom stereocenters. The van der Waals surface area contributed by atoms with Gasteiger partial charge in [0.05, 0.1) is 22.8 Å². The normalized spacial score (nSPS) is 12.7. The van der Waals surface area contributed by atoms with E-state index < -0.39 is 7.04 Å². The van der Waals surface area contributed by atoms with Gasteiger partial charge in [-0.1, -0.05) is 12.0 Å². The molecule has 29 heavy (non-hydrogen) atoms. The molecule has 0 bridgehead atoms. The first-order valence-corrected chi connectivity index (χ1v) is 8.87. The molecule has 7 nitrogen and oxygen atoms in total. The van der Waals surface area contributed by atoms with Crippen LogP contribution in [0.3, 0.4) is 0 Å². The molecule has 1 heterocycles. The fraction of sp³-hybridized carbons (Fsp3) is 0.273. The summed E-state index contributed by atoms with van der Waals surface area (Å²) in [6.45, 7) is 0.568. The summed E-state index contributed by atoms with van der Waals surface area (Å²) in [5.41, 5.74) is 2.05. The van der Waals surface area contributed by atoms with Crippen LogP contribution >= 0.6 is 0 Å². The van der Waals surface area contributed by atoms with Crippen molar-refractivity contribution in [2.24, 2.45) is 0 Å². The first kappa shape index (κ1) is 15.6. The predicted octanol–water partition coefficient (Wildman–Crippen LogP) is 3.41. The van der Waals surface area contributed by atoms with Crippen LogP contribution in [0.1, 0.15) is 11.0 Å². The molecule has 3 aromatic rings. The van der Waals surface area contributed by atoms with Crippen molar-refractivity contribution in [3.05, 3.63) is 48.3 Å². The fourth-order valence-electron chi connectivity index (χ4n) is 2.63. The lowest BCUT2D eigenvalue weighted by atomic mass is 10.2. The van der Waals surface area contributed by atoms with Crippen molar-refractivity contribution in [3.63, 3.8) is 0 Å². The van der Waals surface area contributed by atoms with Gasteiger partial charge >= 0.3 is 0 Å². The Morgan fingerprint density at radius 1 is 1.07 bits per heavy atom. The Balaban J connectivity index is 1.90. The maximum Gasteiger partial charge on any atom is 0.163 e. The summed E-state index contributed by atoms with van der Waals surface area (Å²) in [6.07, 6.45) is 3.57. The summed E-state index contributed by atoms with van der Waals surface area (Å²) in [5, 5.41) is 3.90. The average Bonchev–Trinajstić information content (AvgIpc) is 2.77. The van der Waals surface area contributed by atoms with E-state index in [0.717, 1.165) is 5.69 Å². The molecule has 0 saturated carbocycles. The number of rotatable bonds is 10. The molecular formula is C22H23N3O4. The number of nitrogens with one attached hydrogen (secondary N) is 1. The SMILES string of the molecule is [2H]C#Cc1cccc(Nc2ncnc3cc(OCCOC)c(OCCOC([2H])([2H])[2H])cc23)c1. The summed E-state index contributed by atoms with van der Waals surface area (Å²) < 4.78 is 49.8. The van der Waals surface area contributed by atoms with E-state index in [1.165, 1.54) is 6.33 Å². The topological polar surface area (TPSA) is 74.7 Å². The minimum Gasteiger partial charge on any atom is -0.487 e. The third-order valence-corrected chi connectivity index (χ3v) is 3.96. The van der Waals surface area contributed by atoms with Crippen molar-refractivity contribution in [2.75, 3.05) is 45.9 Å². The number of ether oxygens (including phenoxy) is 4. The van der Waals surface area contributed by atoms with E-state index in [4.69, 9.17) is 24.4 Å². The number of methoxy groups -OCH3 is 2. The van der Waals surface area contributed by atoms with Crippen molar-refractivity contribution < 1.29 is 24.4 Å². The van der Waals surface area contributed by atoms with E-state index in [1.807, 2.05) is 18.2 Å². The van der Waals surface area contributed by atoms with Crippen LogP contribution in [0.5, 0.6) is 11.5 Å². The van der Waals surface area contributed by atoms with Gasteiger partial charge in [-0.2, -0.15) is 0 Å². The molecule has 7 heteroatoms. The highest BCUT2D eigenvalue weighted by Crippen LogP contribution is 2.35. The number of nitrogens with zero attached hydrogens (tertiary/aromatic N) is 2. The van der Waals surface area contributed by atoms with Crippen molar-refractivity contribution in [3.8, 4) is 23.8 Å². The lowest BCUT2D eigenvalue weighted by molar-refractivity contribution is 0.132. The molecule has 150 valence electrons. The Morgan fingerprint density at radius 2 is 1.90 bits per heavy atom. The highest BCUT2D eigenvalue weighted by Gasteiger charge is 2.13. The van der Waals surface area contributed by atoms with E-state index in [-0.39, 0.29) is 13.2 Å². The van der Waals surface area contributed by atoms with Gasteiger partial charge in [0, 0.05) is 36.9 Å². The minimum atomic E-state index is -2.49. The zero-order chi connectivity index (χ0) is 23.7. The second-order valence-corrected chi connectivity index (χ2v) is 5.91. The molecule has 0 radical (unpaired) electrons. The lowest BCUT2D eigenvalue weighted by Gasteiger charge is -2.15. The Bertz CT molecular complexity index is 1150. The Morgan fingerprint density at radius 3 is 2.69 bits per heavy atom. The zero-order valence-corrected chi connectivity index (χ0v) is 15.9. The molecule has 0 amide bonds. The quantitative estimate of drug-likeness (QED) is 0.415. The third-order valence-electron chi connectivity index (χ3n) is 3.96. The van der Waals surface area contributed by atoms with Crippen LogP contribution in [0.25, 0.3) is 10.9 Å². The zero-order valence-electron chi connectivity index (χ0n) is 19.9. The van der Waals surface area contributed by atoms with Gasteiger partial charge in [0.15, 0.2) is 11.5 Å². The van der Waals surface area contributed by atoms with Gasteiger partial charge in [-0.05, 0) is 24.3 Å². The maximum absolute atomic E-state index is 7.13. The third kappa shape index (κ3) is 5.35. The Labute approximate surface area is 175 Å². The van der Waals surface area contributed by atoms with Gasteiger partial charge < -0.3 is 24.3 Å². The van der Waals surface area contributed by atoms with Crippen LogP contribution in [-0.4, -0.2) is 50.5 Å². The molecule has 0 saturated heterocycles. The summed E-state index contributed by atoms with van der Waals surface area (Å²) in [7, 11) is -0.919. The lowest BCUT2D eigenvalue weighted by Crippen LogP contribution is -2.09. The summed E-state index contributed by atoms with van der Waals surface area (Å²) in [4.78, 5) is 8.67. The van der Waals surface area contributed by atoms with Gasteiger partial charge in [0.2, 0.25) is 0 Å². The average molecular weight is 397 g/mol. The number of anilines is 2. The van der Waals surface area contributed by atoms with Crippen molar-refractivity contribution in [1.82, 2.24) is 9.97 Å². The van der Waals surface area contributed by atoms with E-state index in [9.17, 15) is 0 Å². The standard InChI is InChI=1S/C22H23N3O4/c1-4-16-6-5-7-17(12-16)25-22-18-13-20(28-10-8-26-2)21(29-11-9-27-3)14-19(18)23-15-24-22/h1,5-7,12-15H,8-11H2,2-3H3,(H,23,24,25)/i1D,2D3. The highest BCUT2D eigenvalue weighted by atomic mass is 16.5. The molecule has 0 aliphatic carbocycles. The molecule has 0 aliphatic rings. The van der Waals surface area contributed by atoms with Crippen molar-refractivity contribution >= 4 is 22.4 Å². The molecule has 0 spiro atoms. The molecule has 2 aromatic carbocycles. The largest absolute Gasteiger partial charge is 0.487 e. The number of hydrogen-bond acceptors (Lipinski definition) is 7. The van der Waals surface area contributed by atoms with Crippen LogP contribution < -0.4 is 14.8 Å². The molecule has 0 fully saturated rings. The number of aromatic nitrogens is 2. The molecule has 3 rings (SSSR count). The fourth-order valence-corrected chi connectivity index (χ4v) is 2.63.